The van der Waals surface area contributed by atoms with Crippen LogP contribution in [0.25, 0.3) is 11.1 Å². The summed E-state index contributed by atoms with van der Waals surface area (Å²) in [7, 11) is 0. The molecule has 1 aliphatic carbocycles. The molecule has 0 aliphatic heterocycles. The summed E-state index contributed by atoms with van der Waals surface area (Å²) in [5.41, 5.74) is 3.23. The molecule has 144 valence electrons. The van der Waals surface area contributed by atoms with Gasteiger partial charge in [-0.2, -0.15) is 0 Å². The summed E-state index contributed by atoms with van der Waals surface area (Å²) in [5, 5.41) is 0. The Balaban J connectivity index is 1.49. The molecule has 0 bridgehead atoms. The normalized spacial score (nSPS) is 12.3. The monoisotopic (exact) mass is 394 g/mol. The highest BCUT2D eigenvalue weighted by molar-refractivity contribution is 6.29. The third-order valence-corrected chi connectivity index (χ3v) is 5.17. The number of halogens is 1. The van der Waals surface area contributed by atoms with E-state index < -0.39 is 0 Å². The first-order valence-electron chi connectivity index (χ1n) is 9.47. The number of ether oxygens (including phenoxy) is 1. The Labute approximate surface area is 172 Å². The highest BCUT2D eigenvalue weighted by Gasteiger charge is 2.32. The average molecular weight is 394 g/mol. The molecule has 0 saturated heterocycles. The van der Waals surface area contributed by atoms with Crippen LogP contribution in [-0.2, 0) is 0 Å². The summed E-state index contributed by atoms with van der Waals surface area (Å²) in [6.07, 6.45) is 0. The lowest BCUT2D eigenvalue weighted by Crippen LogP contribution is -2.21. The molecule has 4 heteroatoms. The first-order valence-corrected chi connectivity index (χ1v) is 9.47. The third kappa shape index (κ3) is 2.99. The fourth-order valence-electron chi connectivity index (χ4n) is 3.68. The van der Waals surface area contributed by atoms with Crippen LogP contribution in [0.5, 0.6) is 11.5 Å². The lowest BCUT2D eigenvalue weighted by atomic mass is 9.83. The van der Waals surface area contributed by atoms with Gasteiger partial charge in [0.2, 0.25) is 0 Å². The summed E-state index contributed by atoms with van der Waals surface area (Å²) in [4.78, 5) is 25.9. The molecular weight excluding hydrogens is 379 g/mol. The van der Waals surface area contributed by atoms with Gasteiger partial charge in [-0.3, -0.25) is 9.59 Å². The van der Waals surface area contributed by atoms with E-state index in [4.69, 9.17) is 4.74 Å². The van der Waals surface area contributed by atoms with Crippen LogP contribution in [0.15, 0.2) is 91.0 Å². The molecule has 4 aromatic carbocycles. The lowest BCUT2D eigenvalue weighted by molar-refractivity contribution is 0.0977. The van der Waals surface area contributed by atoms with Gasteiger partial charge in [0.1, 0.15) is 17.3 Å². The van der Waals surface area contributed by atoms with Gasteiger partial charge in [-0.05, 0) is 41.5 Å². The molecule has 5 rings (SSSR count). The van der Waals surface area contributed by atoms with E-state index in [1.807, 2.05) is 12.1 Å². The molecule has 0 saturated carbocycles. The molecule has 0 unspecified atom stereocenters. The van der Waals surface area contributed by atoms with Gasteiger partial charge in [0.15, 0.2) is 11.6 Å². The van der Waals surface area contributed by atoms with E-state index in [0.29, 0.717) is 28.2 Å². The van der Waals surface area contributed by atoms with Gasteiger partial charge in [-0.15, -0.1) is 0 Å². The van der Waals surface area contributed by atoms with Crippen molar-refractivity contribution in [3.63, 3.8) is 0 Å². The van der Waals surface area contributed by atoms with Crippen molar-refractivity contribution in [2.45, 2.75) is 0 Å². The zero-order chi connectivity index (χ0) is 20.7. The molecule has 0 fully saturated rings. The van der Waals surface area contributed by atoms with Gasteiger partial charge >= 0.3 is 0 Å². The van der Waals surface area contributed by atoms with Crippen molar-refractivity contribution in [2.24, 2.45) is 0 Å². The van der Waals surface area contributed by atoms with Crippen LogP contribution in [0.1, 0.15) is 31.8 Å². The topological polar surface area (TPSA) is 43.4 Å². The maximum atomic E-state index is 13.1. The lowest BCUT2D eigenvalue weighted by Gasteiger charge is -2.20. The van der Waals surface area contributed by atoms with Crippen molar-refractivity contribution in [1.29, 1.82) is 0 Å². The van der Waals surface area contributed by atoms with E-state index in [1.54, 1.807) is 66.7 Å². The summed E-state index contributed by atoms with van der Waals surface area (Å²) < 4.78 is 19.1. The zero-order valence-corrected chi connectivity index (χ0v) is 15.8. The zero-order valence-electron chi connectivity index (χ0n) is 15.8. The molecule has 4 aromatic rings. The molecule has 0 spiro atoms. The van der Waals surface area contributed by atoms with E-state index in [9.17, 15) is 14.0 Å². The minimum Gasteiger partial charge on any atom is -0.457 e. The summed E-state index contributed by atoms with van der Waals surface area (Å²) in [6.45, 7) is 0. The summed E-state index contributed by atoms with van der Waals surface area (Å²) in [5.74, 6) is 0.188. The number of fused-ring (bicyclic) bond motifs is 2. The maximum absolute atomic E-state index is 13.1. The van der Waals surface area contributed by atoms with E-state index in [-0.39, 0.29) is 22.9 Å². The molecule has 3 nitrogen and oxygen atoms in total. The first kappa shape index (κ1) is 18.0. The molecular formula is C26H15FO3. The van der Waals surface area contributed by atoms with Gasteiger partial charge in [-0.25, -0.2) is 4.39 Å². The van der Waals surface area contributed by atoms with Gasteiger partial charge in [-0.1, -0.05) is 60.7 Å². The smallest absolute Gasteiger partial charge is 0.198 e. The number of carbonyl (C=O) groups is 2. The van der Waals surface area contributed by atoms with Crippen LogP contribution >= 0.6 is 0 Å². The quantitative estimate of drug-likeness (QED) is 0.374. The number of benzene rings is 4. The fraction of sp³-hybridized carbons (Fsp3) is 0. The van der Waals surface area contributed by atoms with Gasteiger partial charge in [0, 0.05) is 16.7 Å². The van der Waals surface area contributed by atoms with Crippen LogP contribution in [0.2, 0.25) is 0 Å². The average Bonchev–Trinajstić information content (AvgIpc) is 2.78. The van der Waals surface area contributed by atoms with E-state index in [0.717, 1.165) is 11.1 Å². The Kier molecular flexibility index (Phi) is 4.25. The van der Waals surface area contributed by atoms with Crippen molar-refractivity contribution in [1.82, 2.24) is 0 Å². The second-order valence-electron chi connectivity index (χ2n) is 7.02. The van der Waals surface area contributed by atoms with Gasteiger partial charge in [0.25, 0.3) is 0 Å². The number of hydrogen-bond donors (Lipinski definition) is 0. The van der Waals surface area contributed by atoms with E-state index in [1.165, 1.54) is 12.1 Å². The van der Waals surface area contributed by atoms with Crippen LogP contribution in [0.3, 0.4) is 0 Å². The number of ketones is 2. The Morgan fingerprint density at radius 2 is 1.13 bits per heavy atom. The van der Waals surface area contributed by atoms with Gasteiger partial charge < -0.3 is 4.74 Å². The van der Waals surface area contributed by atoms with E-state index >= 15 is 0 Å². The summed E-state index contributed by atoms with van der Waals surface area (Å²) >= 11 is 0. The first-order chi connectivity index (χ1) is 14.6. The molecule has 0 aromatic heterocycles. The minimum absolute atomic E-state index is 0.183. The van der Waals surface area contributed by atoms with Crippen LogP contribution in [0, 0.1) is 5.82 Å². The number of carbonyl (C=O) groups excluding carboxylic acids is 2. The SMILES string of the molecule is O=C1c2ccccc2C(=O)c2c(Oc3ccc(-c4ccc(F)cc4)cc3)cccc21. The van der Waals surface area contributed by atoms with E-state index in [2.05, 4.69) is 0 Å². The Hall–Kier alpha value is -4.05. The molecule has 1 aliphatic rings. The highest BCUT2D eigenvalue weighted by Crippen LogP contribution is 2.35. The van der Waals surface area contributed by atoms with Crippen molar-refractivity contribution in [2.75, 3.05) is 0 Å². The predicted molar refractivity (Wildman–Crippen MR) is 112 cm³/mol. The third-order valence-electron chi connectivity index (χ3n) is 5.17. The largest absolute Gasteiger partial charge is 0.457 e. The number of rotatable bonds is 3. The molecule has 0 amide bonds. The van der Waals surface area contributed by atoms with Crippen LogP contribution < -0.4 is 4.74 Å². The summed E-state index contributed by atoms with van der Waals surface area (Å²) in [6, 6.07) is 25.4. The number of hydrogen-bond acceptors (Lipinski definition) is 3. The van der Waals surface area contributed by atoms with Crippen molar-refractivity contribution in [3.05, 3.63) is 119 Å². The molecule has 0 atom stereocenters. The predicted octanol–water partition coefficient (Wildman–Crippen LogP) is 6.06. The standard InChI is InChI=1S/C26H15FO3/c27-18-12-8-16(9-13-18)17-10-14-19(15-11-17)30-23-7-3-6-22-24(23)26(29)21-5-2-1-4-20(21)25(22)28/h1-15H. The Bertz CT molecular complexity index is 1290. The second-order valence-corrected chi connectivity index (χ2v) is 7.02. The second kappa shape index (κ2) is 7.08. The molecule has 0 N–H and O–H groups in total. The van der Waals surface area contributed by atoms with Crippen molar-refractivity contribution < 1.29 is 18.7 Å². The Morgan fingerprint density at radius 3 is 1.80 bits per heavy atom. The van der Waals surface area contributed by atoms with Crippen LogP contribution in [0.4, 0.5) is 4.39 Å². The van der Waals surface area contributed by atoms with Crippen molar-refractivity contribution in [3.8, 4) is 22.6 Å². The Morgan fingerprint density at radius 1 is 0.567 bits per heavy atom. The minimum atomic E-state index is -0.284. The van der Waals surface area contributed by atoms with Crippen molar-refractivity contribution >= 4 is 11.6 Å². The molecule has 0 heterocycles. The molecule has 30 heavy (non-hydrogen) atoms. The molecule has 0 radical (unpaired) electrons. The fourth-order valence-corrected chi connectivity index (χ4v) is 3.68. The van der Waals surface area contributed by atoms with Crippen LogP contribution in [-0.4, -0.2) is 11.6 Å². The highest BCUT2D eigenvalue weighted by atomic mass is 19.1. The maximum Gasteiger partial charge on any atom is 0.198 e. The van der Waals surface area contributed by atoms with Gasteiger partial charge in [0.05, 0.1) is 5.56 Å².